The minimum atomic E-state index is 0.0655. The summed E-state index contributed by atoms with van der Waals surface area (Å²) in [6, 6.07) is 58.6. The van der Waals surface area contributed by atoms with Crippen LogP contribution >= 0.6 is 0 Å². The molecule has 2 fully saturated rings. The van der Waals surface area contributed by atoms with Gasteiger partial charge >= 0.3 is 0 Å². The highest BCUT2D eigenvalue weighted by molar-refractivity contribution is 6.11. The number of hydrogen-bond donors (Lipinski definition) is 0. The molecule has 2 saturated carbocycles. The Balaban J connectivity index is 1.06. The molecule has 0 N–H and O–H groups in total. The molecule has 5 atom stereocenters. The average molecular weight is 697 g/mol. The van der Waals surface area contributed by atoms with Gasteiger partial charge in [-0.3, -0.25) is 0 Å². The summed E-state index contributed by atoms with van der Waals surface area (Å²) in [6.07, 6.45) is 5.40. The first-order chi connectivity index (χ1) is 26.5. The Labute approximate surface area is 318 Å². The van der Waals surface area contributed by atoms with E-state index in [9.17, 15) is 0 Å². The van der Waals surface area contributed by atoms with Crippen molar-refractivity contribution in [3.05, 3.63) is 169 Å². The van der Waals surface area contributed by atoms with Crippen LogP contribution in [0.4, 0.5) is 0 Å². The fourth-order valence-corrected chi connectivity index (χ4v) is 11.5. The molecule has 2 bridgehead atoms. The zero-order valence-electron chi connectivity index (χ0n) is 31.1. The minimum absolute atomic E-state index is 0.0655. The molecule has 1 heterocycles. The second-order valence-corrected chi connectivity index (χ2v) is 16.7. The van der Waals surface area contributed by atoms with E-state index in [1.165, 1.54) is 75.6 Å². The molecule has 1 heteroatoms. The number of fused-ring (bicyclic) bond motifs is 11. The summed E-state index contributed by atoms with van der Waals surface area (Å²) in [6.45, 7) is 5.07. The maximum Gasteiger partial charge on any atom is 0.143 e. The van der Waals surface area contributed by atoms with E-state index in [4.69, 9.17) is 4.42 Å². The van der Waals surface area contributed by atoms with E-state index in [2.05, 4.69) is 172 Å². The van der Waals surface area contributed by atoms with Gasteiger partial charge in [-0.15, -0.1) is 0 Å². The van der Waals surface area contributed by atoms with Gasteiger partial charge in [-0.25, -0.2) is 0 Å². The van der Waals surface area contributed by atoms with Crippen LogP contribution in [-0.4, -0.2) is 0 Å². The quantitative estimate of drug-likeness (QED) is 0.179. The highest BCUT2D eigenvalue weighted by Gasteiger charge is 2.56. The monoisotopic (exact) mass is 696 g/mol. The first-order valence-corrected chi connectivity index (χ1v) is 20.0. The predicted molar refractivity (Wildman–Crippen MR) is 225 cm³/mol. The maximum atomic E-state index is 6.68. The molecule has 262 valence electrons. The lowest BCUT2D eigenvalue weighted by Crippen LogP contribution is -2.49. The van der Waals surface area contributed by atoms with Crippen molar-refractivity contribution < 1.29 is 4.42 Å². The van der Waals surface area contributed by atoms with Crippen molar-refractivity contribution in [1.82, 2.24) is 0 Å². The largest absolute Gasteiger partial charge is 0.455 e. The van der Waals surface area contributed by atoms with E-state index >= 15 is 0 Å². The molecule has 0 aliphatic heterocycles. The molecule has 1 spiro atoms. The standard InChI is InChI=1S/C53H44O/c1-33-25-35-27-34(2)53(43(26-33)28-35)49-17-8-6-15-44(49)45-24-23-41(32-50(45)53)42-30-47(52-48(31-42)46-16-7-9-18-51(46)54-52)38-21-19-37(20-22-38)40-14-10-13-39(29-40)36-11-4-3-5-12-36/h3-24,29-35,43H,25-28H2,1-2H3. The third-order valence-electron chi connectivity index (χ3n) is 13.6. The molecule has 8 aromatic rings. The third-order valence-corrected chi connectivity index (χ3v) is 13.6. The molecule has 3 aliphatic rings. The van der Waals surface area contributed by atoms with Gasteiger partial charge in [-0.2, -0.15) is 0 Å². The van der Waals surface area contributed by atoms with Crippen molar-refractivity contribution in [2.45, 2.75) is 44.9 Å². The first kappa shape index (κ1) is 31.8. The number of benzene rings is 7. The van der Waals surface area contributed by atoms with Crippen molar-refractivity contribution in [2.24, 2.45) is 23.7 Å². The van der Waals surface area contributed by atoms with Crippen LogP contribution in [0.5, 0.6) is 0 Å². The lowest BCUT2D eigenvalue weighted by Gasteiger charge is -2.54. The Morgan fingerprint density at radius 1 is 0.444 bits per heavy atom. The smallest absolute Gasteiger partial charge is 0.143 e. The zero-order chi connectivity index (χ0) is 36.0. The van der Waals surface area contributed by atoms with Crippen molar-refractivity contribution in [2.75, 3.05) is 0 Å². The molecule has 1 aromatic heterocycles. The van der Waals surface area contributed by atoms with Crippen LogP contribution in [0.25, 0.3) is 77.6 Å². The van der Waals surface area contributed by atoms with Crippen LogP contribution < -0.4 is 0 Å². The molecule has 3 aliphatic carbocycles. The molecular formula is C53H44O. The number of para-hydroxylation sites is 1. The molecule has 54 heavy (non-hydrogen) atoms. The highest BCUT2D eigenvalue weighted by atomic mass is 16.3. The molecule has 0 amide bonds. The van der Waals surface area contributed by atoms with Gasteiger partial charge in [0.25, 0.3) is 0 Å². The Hall–Kier alpha value is -5.66. The molecule has 5 unspecified atom stereocenters. The predicted octanol–water partition coefficient (Wildman–Crippen LogP) is 14.6. The maximum absolute atomic E-state index is 6.68. The number of rotatable bonds is 4. The molecule has 0 radical (unpaired) electrons. The molecule has 7 aromatic carbocycles. The normalized spacial score (nSPS) is 22.8. The van der Waals surface area contributed by atoms with Crippen LogP contribution in [0, 0.1) is 23.7 Å². The summed E-state index contributed by atoms with van der Waals surface area (Å²) in [7, 11) is 0. The highest BCUT2D eigenvalue weighted by Crippen LogP contribution is 2.64. The molecule has 11 rings (SSSR count). The van der Waals surface area contributed by atoms with Gasteiger partial charge in [0.05, 0.1) is 0 Å². The van der Waals surface area contributed by atoms with Gasteiger partial charge in [0.1, 0.15) is 11.2 Å². The van der Waals surface area contributed by atoms with Crippen LogP contribution in [-0.2, 0) is 5.41 Å². The van der Waals surface area contributed by atoms with Gasteiger partial charge in [0.15, 0.2) is 0 Å². The van der Waals surface area contributed by atoms with Crippen LogP contribution in [0.2, 0.25) is 0 Å². The van der Waals surface area contributed by atoms with Crippen LogP contribution in [0.15, 0.2) is 162 Å². The summed E-state index contributed by atoms with van der Waals surface area (Å²) in [4.78, 5) is 0. The van der Waals surface area contributed by atoms with Gasteiger partial charge < -0.3 is 4.42 Å². The van der Waals surface area contributed by atoms with E-state index < -0.39 is 0 Å². The molecule has 1 nitrogen and oxygen atoms in total. The van der Waals surface area contributed by atoms with Gasteiger partial charge in [-0.05, 0) is 141 Å². The summed E-state index contributed by atoms with van der Waals surface area (Å²) in [5.74, 6) is 2.93. The Bertz CT molecular complexity index is 2710. The van der Waals surface area contributed by atoms with Crippen molar-refractivity contribution in [3.63, 3.8) is 0 Å². The van der Waals surface area contributed by atoms with E-state index in [1.54, 1.807) is 11.1 Å². The lowest BCUT2D eigenvalue weighted by atomic mass is 9.49. The van der Waals surface area contributed by atoms with E-state index in [0.29, 0.717) is 11.8 Å². The zero-order valence-corrected chi connectivity index (χ0v) is 31.1. The van der Waals surface area contributed by atoms with Crippen LogP contribution in [0.1, 0.15) is 50.7 Å². The third kappa shape index (κ3) is 4.77. The lowest BCUT2D eigenvalue weighted by molar-refractivity contribution is 0.0426. The molecular weight excluding hydrogens is 653 g/mol. The fourth-order valence-electron chi connectivity index (χ4n) is 11.5. The summed E-state index contributed by atoms with van der Waals surface area (Å²) in [5.41, 5.74) is 17.7. The second-order valence-electron chi connectivity index (χ2n) is 16.7. The number of hydrogen-bond acceptors (Lipinski definition) is 1. The average Bonchev–Trinajstić information content (AvgIpc) is 3.74. The van der Waals surface area contributed by atoms with E-state index in [-0.39, 0.29) is 5.41 Å². The molecule has 0 saturated heterocycles. The van der Waals surface area contributed by atoms with Gasteiger partial charge in [-0.1, -0.05) is 141 Å². The summed E-state index contributed by atoms with van der Waals surface area (Å²) < 4.78 is 6.68. The fraction of sp³-hybridized carbons (Fsp3) is 0.208. The summed E-state index contributed by atoms with van der Waals surface area (Å²) in [5, 5.41) is 2.34. The SMILES string of the molecule is CC1CC2CC(C)C3(c4ccccc4-c4ccc(-c5cc(-c6ccc(-c7cccc(-c8ccccc8)c7)cc6)c6oc7ccccc7c6c5)cc43)C(C1)C2. The Kier molecular flexibility index (Phi) is 7.18. The summed E-state index contributed by atoms with van der Waals surface area (Å²) >= 11 is 0. The van der Waals surface area contributed by atoms with Crippen LogP contribution in [0.3, 0.4) is 0 Å². The minimum Gasteiger partial charge on any atom is -0.455 e. The van der Waals surface area contributed by atoms with Crippen molar-refractivity contribution >= 4 is 21.9 Å². The van der Waals surface area contributed by atoms with Crippen molar-refractivity contribution in [1.29, 1.82) is 0 Å². The van der Waals surface area contributed by atoms with Gasteiger partial charge in [0, 0.05) is 21.8 Å². The van der Waals surface area contributed by atoms with E-state index in [0.717, 1.165) is 39.5 Å². The Morgan fingerprint density at radius 2 is 1.11 bits per heavy atom. The van der Waals surface area contributed by atoms with Crippen molar-refractivity contribution in [3.8, 4) is 55.6 Å². The second kappa shape index (κ2) is 12.2. The first-order valence-electron chi connectivity index (χ1n) is 20.0. The van der Waals surface area contributed by atoms with E-state index in [1.807, 2.05) is 0 Å². The number of furan rings is 1. The topological polar surface area (TPSA) is 13.1 Å². The van der Waals surface area contributed by atoms with Gasteiger partial charge in [0.2, 0.25) is 0 Å². The Morgan fingerprint density at radius 3 is 1.96 bits per heavy atom.